The fourth-order valence-corrected chi connectivity index (χ4v) is 5.31. The molecule has 1 aliphatic heterocycles. The van der Waals surface area contributed by atoms with Crippen molar-refractivity contribution in [2.75, 3.05) is 19.7 Å². The maximum absolute atomic E-state index is 12.6. The number of nitrogens with zero attached hydrogens (tertiary/aromatic N) is 3. The fraction of sp³-hybridized carbons (Fsp3) is 0.684. The topological polar surface area (TPSA) is 88.9 Å². The van der Waals surface area contributed by atoms with Gasteiger partial charge in [0.2, 0.25) is 10.0 Å². The fourth-order valence-electron chi connectivity index (χ4n) is 3.78. The van der Waals surface area contributed by atoms with Crippen LogP contribution in [0.2, 0.25) is 0 Å². The lowest BCUT2D eigenvalue weighted by atomic mass is 9.97. The van der Waals surface area contributed by atoms with Crippen molar-refractivity contribution in [1.82, 2.24) is 13.8 Å². The maximum Gasteiger partial charge on any atom is 0.355 e. The zero-order valence-corrected chi connectivity index (χ0v) is 18.2. The molecule has 9 heteroatoms. The third-order valence-electron chi connectivity index (χ3n) is 5.34. The van der Waals surface area contributed by atoms with Crippen LogP contribution < -0.4 is 0 Å². The Hall–Kier alpha value is -1.87. The third kappa shape index (κ3) is 4.57. The van der Waals surface area contributed by atoms with Crippen molar-refractivity contribution in [1.29, 1.82) is 0 Å². The van der Waals surface area contributed by atoms with Gasteiger partial charge in [0.25, 0.3) is 5.91 Å². The number of piperidine rings is 1. The summed E-state index contributed by atoms with van der Waals surface area (Å²) in [5.41, 5.74) is 0.0956. The summed E-state index contributed by atoms with van der Waals surface area (Å²) >= 11 is 0. The van der Waals surface area contributed by atoms with E-state index in [9.17, 15) is 18.0 Å². The quantitative estimate of drug-likeness (QED) is 0.638. The summed E-state index contributed by atoms with van der Waals surface area (Å²) in [7, 11) is -2.09. The van der Waals surface area contributed by atoms with E-state index in [2.05, 4.69) is 0 Å². The van der Waals surface area contributed by atoms with Crippen molar-refractivity contribution in [2.45, 2.75) is 63.9 Å². The Morgan fingerprint density at radius 2 is 1.75 bits per heavy atom. The number of hydrogen-bond donors (Lipinski definition) is 0. The van der Waals surface area contributed by atoms with E-state index < -0.39 is 16.0 Å². The van der Waals surface area contributed by atoms with Gasteiger partial charge in [0.1, 0.15) is 10.6 Å². The molecule has 0 aromatic carbocycles. The van der Waals surface area contributed by atoms with Gasteiger partial charge < -0.3 is 14.2 Å². The smallest absolute Gasteiger partial charge is 0.355 e. The Labute approximate surface area is 167 Å². The third-order valence-corrected chi connectivity index (χ3v) is 7.36. The molecule has 1 saturated heterocycles. The van der Waals surface area contributed by atoms with Crippen LogP contribution in [0.3, 0.4) is 0 Å². The first kappa shape index (κ1) is 22.4. The molecule has 0 aliphatic carbocycles. The number of ether oxygens (including phenoxy) is 1. The summed E-state index contributed by atoms with van der Waals surface area (Å²) in [5.74, 6) is -0.938. The molecule has 1 fully saturated rings. The van der Waals surface area contributed by atoms with E-state index in [4.69, 9.17) is 4.74 Å². The van der Waals surface area contributed by atoms with Gasteiger partial charge in [0.05, 0.1) is 0 Å². The van der Waals surface area contributed by atoms with Crippen molar-refractivity contribution < 1.29 is 22.7 Å². The van der Waals surface area contributed by atoms with Crippen LogP contribution in [0.1, 0.15) is 57.4 Å². The number of amides is 1. The minimum absolute atomic E-state index is 0.0373. The van der Waals surface area contributed by atoms with Crippen LogP contribution >= 0.6 is 0 Å². The van der Waals surface area contributed by atoms with Gasteiger partial charge in [-0.25, -0.2) is 13.2 Å². The predicted octanol–water partition coefficient (Wildman–Crippen LogP) is 2.00. The van der Waals surface area contributed by atoms with Gasteiger partial charge in [-0.1, -0.05) is 13.8 Å². The number of aryl methyl sites for hydroxylation is 1. The Morgan fingerprint density at radius 3 is 2.29 bits per heavy atom. The second-order valence-electron chi connectivity index (χ2n) is 7.27. The molecule has 0 radical (unpaired) electrons. The predicted molar refractivity (Wildman–Crippen MR) is 105 cm³/mol. The van der Waals surface area contributed by atoms with E-state index in [0.717, 1.165) is 19.3 Å². The summed E-state index contributed by atoms with van der Waals surface area (Å²) in [4.78, 5) is 26.8. The van der Waals surface area contributed by atoms with Crippen LogP contribution in [-0.2, 0) is 26.6 Å². The molecule has 2 atom stereocenters. The van der Waals surface area contributed by atoms with Gasteiger partial charge in [-0.05, 0) is 39.2 Å². The Bertz CT molecular complexity index is 804. The molecular weight excluding hydrogens is 382 g/mol. The molecule has 2 rings (SSSR count). The first-order valence-corrected chi connectivity index (χ1v) is 11.2. The highest BCUT2D eigenvalue weighted by atomic mass is 32.2. The van der Waals surface area contributed by atoms with Crippen LogP contribution in [0.25, 0.3) is 0 Å². The van der Waals surface area contributed by atoms with E-state index in [1.165, 1.54) is 21.1 Å². The van der Waals surface area contributed by atoms with Gasteiger partial charge >= 0.3 is 5.97 Å². The van der Waals surface area contributed by atoms with Crippen LogP contribution in [-0.4, -0.2) is 65.8 Å². The number of carbonyl (C=O) groups is 2. The van der Waals surface area contributed by atoms with Crippen molar-refractivity contribution in [3.05, 3.63) is 18.0 Å². The molecule has 0 spiro atoms. The molecule has 1 aliphatic rings. The minimum Gasteiger partial charge on any atom is -0.451 e. The summed E-state index contributed by atoms with van der Waals surface area (Å²) < 4.78 is 33.2. The second-order valence-corrected chi connectivity index (χ2v) is 9.21. The van der Waals surface area contributed by atoms with E-state index in [-0.39, 0.29) is 35.2 Å². The molecule has 0 bridgehead atoms. The zero-order valence-electron chi connectivity index (χ0n) is 17.3. The molecule has 8 nitrogen and oxygen atoms in total. The van der Waals surface area contributed by atoms with E-state index in [0.29, 0.717) is 13.1 Å². The molecular formula is C19H31N3O5S. The minimum atomic E-state index is -3.67. The maximum atomic E-state index is 12.6. The SMILES string of the molecule is CCN(CC)S(=O)(=O)c1cc(C(=O)OCC(=O)N2C(C)CCCC2C)n(C)c1. The monoisotopic (exact) mass is 413 g/mol. The highest BCUT2D eigenvalue weighted by Gasteiger charge is 2.30. The lowest BCUT2D eigenvalue weighted by Crippen LogP contribution is -2.49. The first-order chi connectivity index (χ1) is 13.1. The van der Waals surface area contributed by atoms with Gasteiger partial charge in [-0.2, -0.15) is 4.31 Å². The summed E-state index contributed by atoms with van der Waals surface area (Å²) in [6, 6.07) is 1.54. The van der Waals surface area contributed by atoms with Gasteiger partial charge in [-0.3, -0.25) is 4.79 Å². The van der Waals surface area contributed by atoms with Gasteiger partial charge in [0.15, 0.2) is 6.61 Å². The van der Waals surface area contributed by atoms with Crippen molar-refractivity contribution in [2.24, 2.45) is 7.05 Å². The van der Waals surface area contributed by atoms with Crippen LogP contribution in [0.15, 0.2) is 17.2 Å². The highest BCUT2D eigenvalue weighted by molar-refractivity contribution is 7.89. The average molecular weight is 414 g/mol. The number of hydrogen-bond acceptors (Lipinski definition) is 5. The Kier molecular flexibility index (Phi) is 7.28. The van der Waals surface area contributed by atoms with E-state index in [1.807, 2.05) is 13.8 Å². The summed E-state index contributed by atoms with van der Waals surface area (Å²) in [5, 5.41) is 0. The number of likely N-dealkylation sites (tertiary alicyclic amines) is 1. The normalized spacial score (nSPS) is 20.4. The average Bonchev–Trinajstić information content (AvgIpc) is 3.03. The molecule has 0 N–H and O–H groups in total. The number of esters is 1. The number of rotatable bonds is 7. The lowest BCUT2D eigenvalue weighted by Gasteiger charge is -2.38. The van der Waals surface area contributed by atoms with E-state index in [1.54, 1.807) is 25.8 Å². The summed E-state index contributed by atoms with van der Waals surface area (Å²) in [6.07, 6.45) is 4.35. The van der Waals surface area contributed by atoms with Crippen molar-refractivity contribution in [3.63, 3.8) is 0 Å². The second kappa shape index (κ2) is 9.09. The number of sulfonamides is 1. The zero-order chi connectivity index (χ0) is 21.1. The number of carbonyl (C=O) groups excluding carboxylic acids is 2. The Balaban J connectivity index is 2.09. The molecule has 1 amide bonds. The molecule has 2 heterocycles. The van der Waals surface area contributed by atoms with Gasteiger partial charge in [-0.15, -0.1) is 0 Å². The highest BCUT2D eigenvalue weighted by Crippen LogP contribution is 2.23. The Morgan fingerprint density at radius 1 is 1.18 bits per heavy atom. The molecule has 1 aromatic heterocycles. The van der Waals surface area contributed by atoms with Gasteiger partial charge in [0, 0.05) is 38.4 Å². The molecule has 0 saturated carbocycles. The van der Waals surface area contributed by atoms with Crippen molar-refractivity contribution in [3.8, 4) is 0 Å². The number of aromatic nitrogens is 1. The van der Waals surface area contributed by atoms with Crippen LogP contribution in [0.5, 0.6) is 0 Å². The van der Waals surface area contributed by atoms with Crippen molar-refractivity contribution >= 4 is 21.9 Å². The summed E-state index contributed by atoms with van der Waals surface area (Å²) in [6.45, 7) is 7.84. The first-order valence-electron chi connectivity index (χ1n) is 9.78. The molecule has 2 unspecified atom stereocenters. The molecule has 28 heavy (non-hydrogen) atoms. The largest absolute Gasteiger partial charge is 0.451 e. The van der Waals surface area contributed by atoms with Crippen LogP contribution in [0.4, 0.5) is 0 Å². The standard InChI is InChI=1S/C19H31N3O5S/c1-6-21(7-2)28(25,26)16-11-17(20(5)12-16)19(24)27-13-18(23)22-14(3)9-8-10-15(22)4/h11-12,14-15H,6-10,13H2,1-5H3. The molecule has 158 valence electrons. The van der Waals surface area contributed by atoms with E-state index >= 15 is 0 Å². The lowest BCUT2D eigenvalue weighted by molar-refractivity contribution is -0.140. The van der Waals surface area contributed by atoms with Crippen LogP contribution in [0, 0.1) is 0 Å². The molecule has 1 aromatic rings.